The lowest BCUT2D eigenvalue weighted by molar-refractivity contribution is 0.438. The summed E-state index contributed by atoms with van der Waals surface area (Å²) in [6.45, 7) is 0. The summed E-state index contributed by atoms with van der Waals surface area (Å²) in [6.07, 6.45) is 5.14. The molecule has 122 valence electrons. The Kier molecular flexibility index (Phi) is 4.93. The fraction of sp³-hybridized carbons (Fsp3) is 0.333. The maximum atomic E-state index is 13.2. The van der Waals surface area contributed by atoms with Crippen LogP contribution in [-0.2, 0) is 10.0 Å². The maximum Gasteiger partial charge on any atom is 0.264 e. The van der Waals surface area contributed by atoms with Crippen LogP contribution in [0.3, 0.4) is 0 Å². The van der Waals surface area contributed by atoms with Crippen LogP contribution in [0.5, 0.6) is 0 Å². The van der Waals surface area contributed by atoms with E-state index in [4.69, 9.17) is 11.6 Å². The SMILES string of the molecule is O=S(=O)(c1ccc(Cl)cc1)N(c1ccccc1)C1CCCCC1. The molecule has 1 aliphatic rings. The lowest BCUT2D eigenvalue weighted by atomic mass is 9.95. The minimum Gasteiger partial charge on any atom is -0.263 e. The van der Waals surface area contributed by atoms with Gasteiger partial charge in [0.15, 0.2) is 0 Å². The topological polar surface area (TPSA) is 37.4 Å². The van der Waals surface area contributed by atoms with Gasteiger partial charge in [-0.3, -0.25) is 4.31 Å². The monoisotopic (exact) mass is 349 g/mol. The van der Waals surface area contributed by atoms with E-state index in [1.165, 1.54) is 6.42 Å². The zero-order valence-corrected chi connectivity index (χ0v) is 14.4. The predicted octanol–water partition coefficient (Wildman–Crippen LogP) is 4.87. The molecular weight excluding hydrogens is 330 g/mol. The van der Waals surface area contributed by atoms with Crippen molar-refractivity contribution in [2.24, 2.45) is 0 Å². The van der Waals surface area contributed by atoms with Crippen LogP contribution in [0.4, 0.5) is 5.69 Å². The molecule has 0 atom stereocenters. The molecule has 2 aromatic carbocycles. The first-order chi connectivity index (χ1) is 11.1. The Morgan fingerprint density at radius 1 is 0.870 bits per heavy atom. The van der Waals surface area contributed by atoms with Crippen molar-refractivity contribution in [3.05, 3.63) is 59.6 Å². The minimum atomic E-state index is -3.60. The quantitative estimate of drug-likeness (QED) is 0.789. The molecule has 0 radical (unpaired) electrons. The number of hydrogen-bond acceptors (Lipinski definition) is 2. The summed E-state index contributed by atoms with van der Waals surface area (Å²) in [5, 5.41) is 0.535. The first kappa shape index (κ1) is 16.3. The van der Waals surface area contributed by atoms with E-state index in [0.717, 1.165) is 31.4 Å². The number of anilines is 1. The molecule has 0 amide bonds. The molecule has 0 aliphatic heterocycles. The van der Waals surface area contributed by atoms with Crippen LogP contribution in [0.15, 0.2) is 59.5 Å². The molecule has 1 aliphatic carbocycles. The Morgan fingerprint density at radius 2 is 1.48 bits per heavy atom. The lowest BCUT2D eigenvalue weighted by Crippen LogP contribution is -2.41. The third-order valence-corrected chi connectivity index (χ3v) is 6.43. The Morgan fingerprint density at radius 3 is 2.09 bits per heavy atom. The van der Waals surface area contributed by atoms with E-state index in [-0.39, 0.29) is 10.9 Å². The third-order valence-electron chi connectivity index (χ3n) is 4.29. The summed E-state index contributed by atoms with van der Waals surface area (Å²) in [4.78, 5) is 0.288. The van der Waals surface area contributed by atoms with Crippen molar-refractivity contribution >= 4 is 27.3 Å². The minimum absolute atomic E-state index is 0.0202. The highest BCUT2D eigenvalue weighted by Crippen LogP contribution is 2.32. The van der Waals surface area contributed by atoms with E-state index in [9.17, 15) is 8.42 Å². The van der Waals surface area contributed by atoms with Crippen LogP contribution in [0, 0.1) is 0 Å². The van der Waals surface area contributed by atoms with E-state index in [2.05, 4.69) is 0 Å². The maximum absolute atomic E-state index is 13.2. The zero-order valence-electron chi connectivity index (χ0n) is 12.9. The molecule has 0 unspecified atom stereocenters. The van der Waals surface area contributed by atoms with Gasteiger partial charge in [0.2, 0.25) is 0 Å². The van der Waals surface area contributed by atoms with Crippen LogP contribution in [-0.4, -0.2) is 14.5 Å². The van der Waals surface area contributed by atoms with Gasteiger partial charge in [-0.15, -0.1) is 0 Å². The van der Waals surface area contributed by atoms with Gasteiger partial charge in [-0.1, -0.05) is 49.1 Å². The summed E-state index contributed by atoms with van der Waals surface area (Å²) in [5.41, 5.74) is 0.731. The van der Waals surface area contributed by atoms with Crippen LogP contribution in [0.2, 0.25) is 5.02 Å². The van der Waals surface area contributed by atoms with Gasteiger partial charge in [0.05, 0.1) is 10.6 Å². The Hall–Kier alpha value is -1.52. The van der Waals surface area contributed by atoms with Gasteiger partial charge in [-0.2, -0.15) is 0 Å². The van der Waals surface area contributed by atoms with Crippen LogP contribution in [0.25, 0.3) is 0 Å². The highest BCUT2D eigenvalue weighted by molar-refractivity contribution is 7.92. The van der Waals surface area contributed by atoms with E-state index in [1.807, 2.05) is 30.3 Å². The van der Waals surface area contributed by atoms with Gasteiger partial charge in [0.25, 0.3) is 10.0 Å². The summed E-state index contributed by atoms with van der Waals surface area (Å²) >= 11 is 5.90. The van der Waals surface area contributed by atoms with Gasteiger partial charge in [-0.25, -0.2) is 8.42 Å². The van der Waals surface area contributed by atoms with E-state index >= 15 is 0 Å². The molecule has 23 heavy (non-hydrogen) atoms. The van der Waals surface area contributed by atoms with Crippen molar-refractivity contribution in [2.45, 2.75) is 43.0 Å². The first-order valence-corrected chi connectivity index (χ1v) is 9.76. The molecule has 2 aromatic rings. The second kappa shape index (κ2) is 6.93. The molecule has 1 fully saturated rings. The van der Waals surface area contributed by atoms with Crippen molar-refractivity contribution in [3.8, 4) is 0 Å². The number of benzene rings is 2. The fourth-order valence-electron chi connectivity index (χ4n) is 3.16. The van der Waals surface area contributed by atoms with Crippen molar-refractivity contribution in [1.82, 2.24) is 0 Å². The molecule has 0 spiro atoms. The number of halogens is 1. The number of rotatable bonds is 4. The molecule has 3 nitrogen and oxygen atoms in total. The van der Waals surface area contributed by atoms with Gasteiger partial charge in [-0.05, 0) is 49.2 Å². The van der Waals surface area contributed by atoms with Crippen molar-refractivity contribution in [2.75, 3.05) is 4.31 Å². The van der Waals surface area contributed by atoms with Crippen molar-refractivity contribution in [3.63, 3.8) is 0 Å². The summed E-state index contributed by atoms with van der Waals surface area (Å²) in [6, 6.07) is 15.8. The number of nitrogens with zero attached hydrogens (tertiary/aromatic N) is 1. The van der Waals surface area contributed by atoms with E-state index in [0.29, 0.717) is 5.02 Å². The zero-order chi connectivity index (χ0) is 16.3. The summed E-state index contributed by atoms with van der Waals surface area (Å²) in [7, 11) is -3.60. The molecule has 5 heteroatoms. The highest BCUT2D eigenvalue weighted by atomic mass is 35.5. The number of sulfonamides is 1. The van der Waals surface area contributed by atoms with Gasteiger partial charge in [0, 0.05) is 11.1 Å². The summed E-state index contributed by atoms with van der Waals surface area (Å²) < 4.78 is 28.1. The van der Waals surface area contributed by atoms with Crippen LogP contribution in [0.1, 0.15) is 32.1 Å². The van der Waals surface area contributed by atoms with Gasteiger partial charge in [0.1, 0.15) is 0 Å². The second-order valence-electron chi connectivity index (χ2n) is 5.88. The molecule has 3 rings (SSSR count). The van der Waals surface area contributed by atoms with Crippen LogP contribution < -0.4 is 4.31 Å². The molecule has 0 aromatic heterocycles. The third kappa shape index (κ3) is 3.54. The van der Waals surface area contributed by atoms with E-state index in [1.54, 1.807) is 28.6 Å². The number of hydrogen-bond donors (Lipinski definition) is 0. The lowest BCUT2D eigenvalue weighted by Gasteiger charge is -2.35. The largest absolute Gasteiger partial charge is 0.264 e. The Labute approximate surface area is 142 Å². The predicted molar refractivity (Wildman–Crippen MR) is 94.4 cm³/mol. The average molecular weight is 350 g/mol. The standard InChI is InChI=1S/C18H20ClNO2S/c19-15-11-13-18(14-12-15)23(21,22)20(16-7-3-1-4-8-16)17-9-5-2-6-10-17/h1,3-4,7-8,11-14,17H,2,5-6,9-10H2. The smallest absolute Gasteiger partial charge is 0.263 e. The van der Waals surface area contributed by atoms with E-state index < -0.39 is 10.0 Å². The molecule has 0 heterocycles. The molecular formula is C18H20ClNO2S. The van der Waals surface area contributed by atoms with Gasteiger partial charge < -0.3 is 0 Å². The normalized spacial score (nSPS) is 16.2. The Balaban J connectivity index is 2.05. The van der Waals surface area contributed by atoms with Crippen LogP contribution >= 0.6 is 11.6 Å². The number of para-hydroxylation sites is 1. The average Bonchev–Trinajstić information content (AvgIpc) is 2.57. The second-order valence-corrected chi connectivity index (χ2v) is 8.13. The molecule has 0 N–H and O–H groups in total. The fourth-order valence-corrected chi connectivity index (χ4v) is 4.99. The summed E-state index contributed by atoms with van der Waals surface area (Å²) in [5.74, 6) is 0. The molecule has 0 saturated heterocycles. The van der Waals surface area contributed by atoms with Crippen molar-refractivity contribution < 1.29 is 8.42 Å². The molecule has 1 saturated carbocycles. The van der Waals surface area contributed by atoms with Gasteiger partial charge >= 0.3 is 0 Å². The van der Waals surface area contributed by atoms with Crippen molar-refractivity contribution in [1.29, 1.82) is 0 Å². The Bertz CT molecular complexity index is 738. The molecule has 0 bridgehead atoms. The highest BCUT2D eigenvalue weighted by Gasteiger charge is 2.32. The first-order valence-electron chi connectivity index (χ1n) is 7.94.